The highest BCUT2D eigenvalue weighted by Gasteiger charge is 2.22. The van der Waals surface area contributed by atoms with Crippen LogP contribution in [-0.2, 0) is 0 Å². The molecule has 1 heterocycles. The predicted molar refractivity (Wildman–Crippen MR) is 195 cm³/mol. The van der Waals surface area contributed by atoms with E-state index in [2.05, 4.69) is 156 Å². The number of fused-ring (bicyclic) bond motifs is 10. The van der Waals surface area contributed by atoms with Crippen molar-refractivity contribution < 1.29 is 0 Å². The molecule has 0 saturated carbocycles. The van der Waals surface area contributed by atoms with Gasteiger partial charge in [0.2, 0.25) is 0 Å². The zero-order valence-corrected chi connectivity index (χ0v) is 25.4. The maximum Gasteiger partial charge on any atom is 0.0547 e. The van der Waals surface area contributed by atoms with Gasteiger partial charge in [0, 0.05) is 16.5 Å². The Balaban J connectivity index is 0.00000138. The van der Waals surface area contributed by atoms with Crippen LogP contribution in [0.3, 0.4) is 0 Å². The van der Waals surface area contributed by atoms with E-state index < -0.39 is 0 Å². The van der Waals surface area contributed by atoms with Crippen molar-refractivity contribution in [2.75, 3.05) is 0 Å². The van der Waals surface area contributed by atoms with Crippen LogP contribution in [0.4, 0.5) is 0 Å². The lowest BCUT2D eigenvalue weighted by Crippen LogP contribution is -1.94. The summed E-state index contributed by atoms with van der Waals surface area (Å²) in [5.74, 6) is 0. The normalized spacial score (nSPS) is 11.8. The highest BCUT2D eigenvalue weighted by atomic mass is 15.0. The molecule has 9 aromatic rings. The van der Waals surface area contributed by atoms with Crippen LogP contribution in [0, 0.1) is 0 Å². The van der Waals surface area contributed by atoms with Gasteiger partial charge in [-0.3, -0.25) is 0 Å². The molecule has 1 aliphatic rings. The van der Waals surface area contributed by atoms with Gasteiger partial charge >= 0.3 is 0 Å². The van der Waals surface area contributed by atoms with Crippen LogP contribution in [-0.4, -0.2) is 4.57 Å². The third-order valence-electron chi connectivity index (χ3n) is 9.49. The van der Waals surface area contributed by atoms with Crippen molar-refractivity contribution in [1.29, 1.82) is 0 Å². The third-order valence-corrected chi connectivity index (χ3v) is 9.49. The highest BCUT2D eigenvalue weighted by Crippen LogP contribution is 2.48. The number of hydrogen-bond acceptors (Lipinski definition) is 0. The van der Waals surface area contributed by atoms with Gasteiger partial charge in [0.05, 0.1) is 11.0 Å². The molecule has 1 aliphatic carbocycles. The van der Waals surface area contributed by atoms with Crippen molar-refractivity contribution in [1.82, 2.24) is 4.57 Å². The topological polar surface area (TPSA) is 4.93 Å². The predicted octanol–water partition coefficient (Wildman–Crippen LogP) is 12.6. The lowest BCUT2D eigenvalue weighted by Gasteiger charge is -2.11. The van der Waals surface area contributed by atoms with Crippen molar-refractivity contribution in [3.05, 3.63) is 152 Å². The molecule has 0 fully saturated rings. The van der Waals surface area contributed by atoms with Crippen LogP contribution in [0.5, 0.6) is 0 Å². The number of benzene rings is 8. The van der Waals surface area contributed by atoms with E-state index in [9.17, 15) is 0 Å². The van der Waals surface area contributed by atoms with E-state index in [0.717, 1.165) is 0 Å². The summed E-state index contributed by atoms with van der Waals surface area (Å²) in [5.41, 5.74) is 11.5. The average Bonchev–Trinajstić information content (AvgIpc) is 3.64. The molecule has 0 saturated heterocycles. The van der Waals surface area contributed by atoms with Crippen LogP contribution >= 0.6 is 0 Å². The Kier molecular flexibility index (Phi) is 5.70. The number of aromatic nitrogens is 1. The van der Waals surface area contributed by atoms with Crippen LogP contribution < -0.4 is 0 Å². The Morgan fingerprint density at radius 2 is 0.889 bits per heavy atom. The molecule has 0 aliphatic heterocycles. The van der Waals surface area contributed by atoms with Crippen LogP contribution in [0.2, 0.25) is 0 Å². The van der Waals surface area contributed by atoms with Gasteiger partial charge < -0.3 is 4.57 Å². The van der Waals surface area contributed by atoms with Gasteiger partial charge in [-0.05, 0) is 102 Å². The summed E-state index contributed by atoms with van der Waals surface area (Å²) in [7, 11) is 0. The minimum absolute atomic E-state index is 1.17. The molecule has 0 bridgehead atoms. The minimum atomic E-state index is 1.17. The summed E-state index contributed by atoms with van der Waals surface area (Å²) >= 11 is 0. The second-order valence-electron chi connectivity index (χ2n) is 11.7. The lowest BCUT2D eigenvalue weighted by atomic mass is 9.96. The van der Waals surface area contributed by atoms with Crippen LogP contribution in [0.1, 0.15) is 13.8 Å². The quantitative estimate of drug-likeness (QED) is 0.194. The fourth-order valence-electron chi connectivity index (χ4n) is 7.61. The Morgan fingerprint density at radius 3 is 1.53 bits per heavy atom. The largest absolute Gasteiger partial charge is 0.309 e. The van der Waals surface area contributed by atoms with Crippen LogP contribution in [0.15, 0.2) is 152 Å². The van der Waals surface area contributed by atoms with Crippen molar-refractivity contribution in [2.24, 2.45) is 0 Å². The molecule has 45 heavy (non-hydrogen) atoms. The van der Waals surface area contributed by atoms with Gasteiger partial charge in [0.25, 0.3) is 0 Å². The fourth-order valence-corrected chi connectivity index (χ4v) is 7.61. The second kappa shape index (κ2) is 9.94. The van der Waals surface area contributed by atoms with Gasteiger partial charge in [0.15, 0.2) is 0 Å². The molecule has 8 aromatic carbocycles. The molecule has 0 amide bonds. The first-order valence-electron chi connectivity index (χ1n) is 15.9. The van der Waals surface area contributed by atoms with Crippen molar-refractivity contribution in [3.8, 4) is 39.1 Å². The Hall–Kier alpha value is -5.66. The standard InChI is InChI=1S/C42H25N.C2H6/c1-3-11-32-27(8-1)18-22-38-41(32)42-33-12-4-2-9-28(33)19-23-39(42)43(38)31-20-16-26(17-21-31)30-24-29-10-7-15-36-34-13-5-6-14-35(34)37(25-30)40(29)36;1-2/h1-25H;1-2H3. The number of rotatable bonds is 2. The van der Waals surface area contributed by atoms with Crippen molar-refractivity contribution in [2.45, 2.75) is 13.8 Å². The summed E-state index contributed by atoms with van der Waals surface area (Å²) in [4.78, 5) is 0. The molecular weight excluding hydrogens is 542 g/mol. The van der Waals surface area contributed by atoms with E-state index in [1.807, 2.05) is 13.8 Å². The molecule has 0 N–H and O–H groups in total. The second-order valence-corrected chi connectivity index (χ2v) is 11.7. The van der Waals surface area contributed by atoms with E-state index in [1.165, 1.54) is 93.2 Å². The highest BCUT2D eigenvalue weighted by molar-refractivity contribution is 6.28. The van der Waals surface area contributed by atoms with Gasteiger partial charge in [0.1, 0.15) is 0 Å². The number of nitrogens with zero attached hydrogens (tertiary/aromatic N) is 1. The van der Waals surface area contributed by atoms with Gasteiger partial charge in [-0.2, -0.15) is 0 Å². The van der Waals surface area contributed by atoms with E-state index in [0.29, 0.717) is 0 Å². The van der Waals surface area contributed by atoms with Crippen molar-refractivity contribution >= 4 is 54.1 Å². The zero-order valence-electron chi connectivity index (χ0n) is 25.4. The third kappa shape index (κ3) is 3.68. The average molecular weight is 574 g/mol. The minimum Gasteiger partial charge on any atom is -0.309 e. The molecule has 1 aromatic heterocycles. The summed E-state index contributed by atoms with van der Waals surface area (Å²) in [6.07, 6.45) is 0. The molecule has 0 radical (unpaired) electrons. The van der Waals surface area contributed by atoms with Crippen molar-refractivity contribution in [3.63, 3.8) is 0 Å². The fraction of sp³-hybridized carbons (Fsp3) is 0.0455. The lowest BCUT2D eigenvalue weighted by molar-refractivity contribution is 1.18. The molecule has 1 nitrogen and oxygen atoms in total. The van der Waals surface area contributed by atoms with E-state index in [-0.39, 0.29) is 0 Å². The Morgan fingerprint density at radius 1 is 0.356 bits per heavy atom. The maximum atomic E-state index is 2.44. The van der Waals surface area contributed by atoms with E-state index in [1.54, 1.807) is 0 Å². The monoisotopic (exact) mass is 573 g/mol. The van der Waals surface area contributed by atoms with E-state index >= 15 is 0 Å². The number of hydrogen-bond donors (Lipinski definition) is 0. The molecule has 10 rings (SSSR count). The molecule has 0 atom stereocenters. The van der Waals surface area contributed by atoms with Gasteiger partial charge in [-0.1, -0.05) is 129 Å². The summed E-state index contributed by atoms with van der Waals surface area (Å²) in [6.45, 7) is 4.00. The molecule has 212 valence electrons. The Labute approximate surface area is 262 Å². The SMILES string of the molecule is CC.c1ccc2c(c1)-c1cccc3cc(-c4ccc(-n5c6ccc7ccccc7c6c6c7ccccc7ccc65)cc4)cc-2c13. The molecular formula is C44H31N. The molecule has 0 unspecified atom stereocenters. The van der Waals surface area contributed by atoms with E-state index in [4.69, 9.17) is 0 Å². The summed E-state index contributed by atoms with van der Waals surface area (Å²) in [6, 6.07) is 56.0. The summed E-state index contributed by atoms with van der Waals surface area (Å²) < 4.78 is 2.44. The maximum absolute atomic E-state index is 2.44. The summed E-state index contributed by atoms with van der Waals surface area (Å²) in [5, 5.41) is 10.4. The first-order valence-corrected chi connectivity index (χ1v) is 15.9. The Bertz CT molecular complexity index is 2510. The molecule has 1 heteroatoms. The zero-order chi connectivity index (χ0) is 30.1. The van der Waals surface area contributed by atoms with Gasteiger partial charge in [-0.15, -0.1) is 0 Å². The van der Waals surface area contributed by atoms with Gasteiger partial charge in [-0.25, -0.2) is 0 Å². The smallest absolute Gasteiger partial charge is 0.0547 e. The molecule has 0 spiro atoms. The first-order chi connectivity index (χ1) is 22.3. The van der Waals surface area contributed by atoms with Crippen LogP contribution in [0.25, 0.3) is 93.2 Å². The first kappa shape index (κ1) is 25.8.